The Morgan fingerprint density at radius 3 is 3.00 bits per heavy atom. The maximum atomic E-state index is 6.15. The van der Waals surface area contributed by atoms with Gasteiger partial charge in [0.15, 0.2) is 0 Å². The second-order valence-corrected chi connectivity index (χ2v) is 4.47. The van der Waals surface area contributed by atoms with Gasteiger partial charge in [-0.3, -0.25) is 0 Å². The van der Waals surface area contributed by atoms with E-state index in [0.717, 1.165) is 30.5 Å². The van der Waals surface area contributed by atoms with E-state index in [4.69, 9.17) is 22.1 Å². The average Bonchev–Trinajstić information content (AvgIpc) is 2.80. The highest BCUT2D eigenvalue weighted by molar-refractivity contribution is 6.30. The highest BCUT2D eigenvalue weighted by Crippen LogP contribution is 2.29. The van der Waals surface area contributed by atoms with Gasteiger partial charge >= 0.3 is 0 Å². The predicted molar refractivity (Wildman–Crippen MR) is 67.9 cm³/mol. The first-order valence-corrected chi connectivity index (χ1v) is 6.20. The van der Waals surface area contributed by atoms with E-state index in [1.54, 1.807) is 6.26 Å². The van der Waals surface area contributed by atoms with Gasteiger partial charge in [-0.25, -0.2) is 9.97 Å². The molecule has 1 unspecified atom stereocenters. The Kier molecular flexibility index (Phi) is 3.84. The summed E-state index contributed by atoms with van der Waals surface area (Å²) in [7, 11) is 0. The summed E-state index contributed by atoms with van der Waals surface area (Å²) in [4.78, 5) is 8.35. The summed E-state index contributed by atoms with van der Waals surface area (Å²) in [5.41, 5.74) is 7.56. The number of hydrogen-bond donors (Lipinski definition) is 1. The summed E-state index contributed by atoms with van der Waals surface area (Å²) in [6.45, 7) is 2.75. The van der Waals surface area contributed by atoms with Gasteiger partial charge in [-0.05, 0) is 18.9 Å². The molecule has 4 nitrogen and oxygen atoms in total. The van der Waals surface area contributed by atoms with Gasteiger partial charge in [0.05, 0.1) is 24.5 Å². The average molecular weight is 254 g/mol. The molecule has 0 bridgehead atoms. The summed E-state index contributed by atoms with van der Waals surface area (Å²) in [5.74, 6) is 0.371. The van der Waals surface area contributed by atoms with Crippen LogP contribution in [-0.4, -0.2) is 16.6 Å². The van der Waals surface area contributed by atoms with Gasteiger partial charge in [0.1, 0.15) is 5.15 Å². The van der Waals surface area contributed by atoms with Crippen LogP contribution >= 0.6 is 11.6 Å². The molecule has 2 rings (SSSR count). The van der Waals surface area contributed by atoms with Gasteiger partial charge in [-0.2, -0.15) is 0 Å². The molecule has 1 atom stereocenters. The van der Waals surface area contributed by atoms with Crippen LogP contribution in [0.5, 0.6) is 0 Å². The van der Waals surface area contributed by atoms with Crippen molar-refractivity contribution in [2.45, 2.75) is 32.1 Å². The van der Waals surface area contributed by atoms with Crippen molar-refractivity contribution in [2.75, 3.05) is 12.3 Å². The first-order chi connectivity index (χ1) is 8.22. The van der Waals surface area contributed by atoms with E-state index >= 15 is 0 Å². The van der Waals surface area contributed by atoms with E-state index in [2.05, 4.69) is 16.9 Å². The molecule has 0 radical (unpaired) electrons. The van der Waals surface area contributed by atoms with Gasteiger partial charge in [0, 0.05) is 5.56 Å². The molecule has 0 spiro atoms. The highest BCUT2D eigenvalue weighted by atomic mass is 35.5. The smallest absolute Gasteiger partial charge is 0.221 e. The van der Waals surface area contributed by atoms with E-state index in [-0.39, 0.29) is 11.9 Å². The van der Waals surface area contributed by atoms with E-state index in [1.165, 1.54) is 0 Å². The fourth-order valence-electron chi connectivity index (χ4n) is 1.92. The van der Waals surface area contributed by atoms with Crippen molar-refractivity contribution in [1.82, 2.24) is 9.97 Å². The standard InChI is InChI=1S/C12H16ClN3O/c1-2-3-4-9-10(8-5-6-17-7-8)15-12(14)16-11(9)13/h5-6,8H,2-4,7H2,1H3,(H2,14,15,16). The topological polar surface area (TPSA) is 61.0 Å². The fraction of sp³-hybridized carbons (Fsp3) is 0.500. The number of halogens is 1. The number of hydrogen-bond acceptors (Lipinski definition) is 4. The van der Waals surface area contributed by atoms with E-state index in [9.17, 15) is 0 Å². The Morgan fingerprint density at radius 2 is 2.35 bits per heavy atom. The van der Waals surface area contributed by atoms with Crippen LogP contribution in [0.2, 0.25) is 5.15 Å². The van der Waals surface area contributed by atoms with Crippen molar-refractivity contribution in [1.29, 1.82) is 0 Å². The van der Waals surface area contributed by atoms with Crippen LogP contribution in [0.1, 0.15) is 36.9 Å². The Hall–Kier alpha value is -1.29. The predicted octanol–water partition coefficient (Wildman–Crippen LogP) is 2.68. The molecule has 1 aliphatic rings. The minimum atomic E-state index is 0.143. The lowest BCUT2D eigenvalue weighted by molar-refractivity contribution is 0.268. The Morgan fingerprint density at radius 1 is 1.53 bits per heavy atom. The van der Waals surface area contributed by atoms with Crippen LogP contribution in [-0.2, 0) is 11.2 Å². The van der Waals surface area contributed by atoms with E-state index in [1.807, 2.05) is 6.08 Å². The van der Waals surface area contributed by atoms with Crippen molar-refractivity contribution >= 4 is 17.5 Å². The zero-order valence-electron chi connectivity index (χ0n) is 9.82. The molecule has 0 fully saturated rings. The number of nitrogens with zero attached hydrogens (tertiary/aromatic N) is 2. The minimum Gasteiger partial charge on any atom is -0.500 e. The van der Waals surface area contributed by atoms with Crippen molar-refractivity contribution in [3.05, 3.63) is 28.7 Å². The molecule has 1 aromatic heterocycles. The number of anilines is 1. The van der Waals surface area contributed by atoms with Crippen LogP contribution in [0.3, 0.4) is 0 Å². The lowest BCUT2D eigenvalue weighted by Gasteiger charge is -2.13. The largest absolute Gasteiger partial charge is 0.500 e. The molecule has 1 aliphatic heterocycles. The summed E-state index contributed by atoms with van der Waals surface area (Å²) in [5, 5.41) is 0.473. The van der Waals surface area contributed by atoms with E-state index < -0.39 is 0 Å². The lowest BCUT2D eigenvalue weighted by Crippen LogP contribution is -2.10. The number of rotatable bonds is 4. The van der Waals surface area contributed by atoms with Gasteiger partial charge < -0.3 is 10.5 Å². The molecular formula is C12H16ClN3O. The SMILES string of the molecule is CCCCc1c(Cl)nc(N)nc1C1C=COC1. The monoisotopic (exact) mass is 253 g/mol. The van der Waals surface area contributed by atoms with Crippen LogP contribution in [0, 0.1) is 0 Å². The third kappa shape index (κ3) is 2.69. The van der Waals surface area contributed by atoms with Crippen molar-refractivity contribution in [3.8, 4) is 0 Å². The minimum absolute atomic E-state index is 0.143. The molecule has 92 valence electrons. The Balaban J connectivity index is 2.35. The molecule has 0 saturated heterocycles. The van der Waals surface area contributed by atoms with Gasteiger partial charge in [-0.15, -0.1) is 0 Å². The van der Waals surface area contributed by atoms with Crippen LogP contribution in [0.4, 0.5) is 5.95 Å². The van der Waals surface area contributed by atoms with Crippen LogP contribution < -0.4 is 5.73 Å². The first-order valence-electron chi connectivity index (χ1n) is 5.82. The molecular weight excluding hydrogens is 238 g/mol. The van der Waals surface area contributed by atoms with Gasteiger partial charge in [0.2, 0.25) is 5.95 Å². The van der Waals surface area contributed by atoms with Crippen molar-refractivity contribution in [2.24, 2.45) is 0 Å². The maximum absolute atomic E-state index is 6.15. The molecule has 2 heterocycles. The van der Waals surface area contributed by atoms with Gasteiger partial charge in [0.25, 0.3) is 0 Å². The first kappa shape index (κ1) is 12.2. The molecule has 0 saturated carbocycles. The Labute approximate surface area is 106 Å². The van der Waals surface area contributed by atoms with Crippen molar-refractivity contribution in [3.63, 3.8) is 0 Å². The Bertz CT molecular complexity index is 434. The summed E-state index contributed by atoms with van der Waals surface area (Å²) < 4.78 is 5.23. The molecule has 1 aromatic rings. The molecule has 5 heteroatoms. The van der Waals surface area contributed by atoms with Crippen LogP contribution in [0.15, 0.2) is 12.3 Å². The lowest BCUT2D eigenvalue weighted by atomic mass is 9.99. The third-order valence-electron chi connectivity index (χ3n) is 2.82. The third-order valence-corrected chi connectivity index (χ3v) is 3.13. The molecule has 17 heavy (non-hydrogen) atoms. The number of nitrogen functional groups attached to an aromatic ring is 1. The number of ether oxygens (including phenoxy) is 1. The van der Waals surface area contributed by atoms with Gasteiger partial charge in [-0.1, -0.05) is 24.9 Å². The second-order valence-electron chi connectivity index (χ2n) is 4.11. The summed E-state index contributed by atoms with van der Waals surface area (Å²) >= 11 is 6.15. The second kappa shape index (κ2) is 5.36. The molecule has 0 aromatic carbocycles. The number of aromatic nitrogens is 2. The quantitative estimate of drug-likeness (QED) is 0.838. The highest BCUT2D eigenvalue weighted by Gasteiger charge is 2.21. The molecule has 0 amide bonds. The normalized spacial score (nSPS) is 18.4. The summed E-state index contributed by atoms with van der Waals surface area (Å²) in [6.07, 6.45) is 6.73. The zero-order valence-corrected chi connectivity index (χ0v) is 10.6. The maximum Gasteiger partial charge on any atom is 0.221 e. The molecule has 0 aliphatic carbocycles. The number of nitrogens with two attached hydrogens (primary N) is 1. The number of unbranched alkanes of at least 4 members (excludes halogenated alkanes) is 1. The zero-order chi connectivity index (χ0) is 12.3. The van der Waals surface area contributed by atoms with Crippen molar-refractivity contribution < 1.29 is 4.74 Å². The van der Waals surface area contributed by atoms with Crippen LogP contribution in [0.25, 0.3) is 0 Å². The van der Waals surface area contributed by atoms with E-state index in [0.29, 0.717) is 11.8 Å². The summed E-state index contributed by atoms with van der Waals surface area (Å²) in [6, 6.07) is 0. The fourth-order valence-corrected chi connectivity index (χ4v) is 2.19. The molecule has 2 N–H and O–H groups in total.